The van der Waals surface area contributed by atoms with Crippen molar-refractivity contribution in [3.63, 3.8) is 0 Å². The first-order valence-corrected chi connectivity index (χ1v) is 8.31. The van der Waals surface area contributed by atoms with Gasteiger partial charge >= 0.3 is 5.97 Å². The highest BCUT2D eigenvalue weighted by Gasteiger charge is 2.20. The molecular formula is C21H23NO4. The van der Waals surface area contributed by atoms with E-state index in [0.29, 0.717) is 16.9 Å². The van der Waals surface area contributed by atoms with Crippen molar-refractivity contribution in [1.82, 2.24) is 4.98 Å². The van der Waals surface area contributed by atoms with Crippen LogP contribution in [0.1, 0.15) is 39.5 Å². The molecule has 0 saturated carbocycles. The SMILES string of the molecule is COc1cncc(/C=C/C(=O)OC(C)C(=O)c2cc(C)c(C)cc2C)c1. The van der Waals surface area contributed by atoms with Crippen LogP contribution in [0.25, 0.3) is 6.08 Å². The zero-order valence-corrected chi connectivity index (χ0v) is 15.7. The predicted octanol–water partition coefficient (Wildman–Crippen LogP) is 3.84. The zero-order chi connectivity index (χ0) is 19.3. The molecule has 1 unspecified atom stereocenters. The molecule has 0 aliphatic rings. The molecule has 0 bridgehead atoms. The van der Waals surface area contributed by atoms with E-state index >= 15 is 0 Å². The average molecular weight is 353 g/mol. The molecule has 0 aliphatic heterocycles. The number of Topliss-reactive ketones (excluding diaryl/α,β-unsaturated/α-hetero) is 1. The van der Waals surface area contributed by atoms with Gasteiger partial charge in [0, 0.05) is 17.8 Å². The summed E-state index contributed by atoms with van der Waals surface area (Å²) in [6.07, 6.45) is 5.14. The van der Waals surface area contributed by atoms with Crippen molar-refractivity contribution in [1.29, 1.82) is 0 Å². The molecule has 1 aromatic carbocycles. The number of benzene rings is 1. The summed E-state index contributed by atoms with van der Waals surface area (Å²) in [4.78, 5) is 28.6. The first kappa shape index (κ1) is 19.4. The number of esters is 1. The van der Waals surface area contributed by atoms with E-state index in [9.17, 15) is 9.59 Å². The van der Waals surface area contributed by atoms with E-state index in [2.05, 4.69) is 4.98 Å². The monoisotopic (exact) mass is 353 g/mol. The van der Waals surface area contributed by atoms with Crippen LogP contribution in [0.3, 0.4) is 0 Å². The van der Waals surface area contributed by atoms with Gasteiger partial charge in [-0.15, -0.1) is 0 Å². The van der Waals surface area contributed by atoms with Gasteiger partial charge < -0.3 is 9.47 Å². The van der Waals surface area contributed by atoms with Gasteiger partial charge in [-0.05, 0) is 68.2 Å². The molecule has 5 heteroatoms. The molecule has 1 atom stereocenters. The summed E-state index contributed by atoms with van der Waals surface area (Å²) in [5, 5.41) is 0. The summed E-state index contributed by atoms with van der Waals surface area (Å²) in [6, 6.07) is 5.55. The van der Waals surface area contributed by atoms with Gasteiger partial charge in [-0.1, -0.05) is 6.07 Å². The molecule has 0 amide bonds. The molecule has 0 aliphatic carbocycles. The normalized spacial score (nSPS) is 12.0. The number of carbonyl (C=O) groups excluding carboxylic acids is 2. The minimum Gasteiger partial charge on any atom is -0.495 e. The molecule has 136 valence electrons. The molecule has 1 aromatic heterocycles. The summed E-state index contributed by atoms with van der Waals surface area (Å²) < 4.78 is 10.3. The van der Waals surface area contributed by atoms with Crippen LogP contribution in [0.15, 0.2) is 36.7 Å². The second-order valence-corrected chi connectivity index (χ2v) is 6.19. The van der Waals surface area contributed by atoms with E-state index in [1.54, 1.807) is 38.6 Å². The van der Waals surface area contributed by atoms with Crippen LogP contribution in [-0.4, -0.2) is 30.0 Å². The van der Waals surface area contributed by atoms with Crippen LogP contribution in [0, 0.1) is 20.8 Å². The number of nitrogens with zero attached hydrogens (tertiary/aromatic N) is 1. The van der Waals surface area contributed by atoms with Gasteiger partial charge in [0.05, 0.1) is 13.3 Å². The van der Waals surface area contributed by atoms with Crippen LogP contribution in [0.5, 0.6) is 5.75 Å². The third-order valence-corrected chi connectivity index (χ3v) is 4.15. The third kappa shape index (κ3) is 4.79. The van der Waals surface area contributed by atoms with Gasteiger partial charge in [-0.2, -0.15) is 0 Å². The summed E-state index contributed by atoms with van der Waals surface area (Å²) in [5.74, 6) is -0.208. The van der Waals surface area contributed by atoms with Crippen LogP contribution < -0.4 is 4.74 Å². The number of aryl methyl sites for hydroxylation is 3. The Balaban J connectivity index is 2.05. The minimum absolute atomic E-state index is 0.213. The lowest BCUT2D eigenvalue weighted by Gasteiger charge is -2.14. The van der Waals surface area contributed by atoms with Gasteiger partial charge in [0.25, 0.3) is 0 Å². The molecule has 5 nitrogen and oxygen atoms in total. The third-order valence-electron chi connectivity index (χ3n) is 4.15. The largest absolute Gasteiger partial charge is 0.495 e. The van der Waals surface area contributed by atoms with Gasteiger partial charge in [0.2, 0.25) is 5.78 Å². The average Bonchev–Trinajstić information content (AvgIpc) is 2.62. The van der Waals surface area contributed by atoms with Gasteiger partial charge in [0.1, 0.15) is 5.75 Å². The Hall–Kier alpha value is -2.95. The standard InChI is InChI=1S/C21H23NO4/c1-13-8-15(3)19(9-14(13)2)21(24)16(4)26-20(23)7-6-17-10-18(25-5)12-22-11-17/h6-12,16H,1-5H3/b7-6+. The first-order chi connectivity index (χ1) is 12.3. The fraction of sp³-hybridized carbons (Fsp3) is 0.286. The van der Waals surface area contributed by atoms with E-state index in [1.165, 1.54) is 6.08 Å². The van der Waals surface area contributed by atoms with E-state index in [-0.39, 0.29) is 5.78 Å². The van der Waals surface area contributed by atoms with Crippen LogP contribution >= 0.6 is 0 Å². The number of carbonyl (C=O) groups is 2. The zero-order valence-electron chi connectivity index (χ0n) is 15.7. The van der Waals surface area contributed by atoms with Crippen molar-refractivity contribution in [2.45, 2.75) is 33.8 Å². The lowest BCUT2D eigenvalue weighted by molar-refractivity contribution is -0.140. The van der Waals surface area contributed by atoms with Crippen molar-refractivity contribution in [3.8, 4) is 5.75 Å². The van der Waals surface area contributed by atoms with Crippen molar-refractivity contribution in [3.05, 3.63) is 64.5 Å². The number of methoxy groups -OCH3 is 1. The number of hydrogen-bond acceptors (Lipinski definition) is 5. The Labute approximate surface area is 153 Å². The smallest absolute Gasteiger partial charge is 0.331 e. The summed E-state index contributed by atoms with van der Waals surface area (Å²) >= 11 is 0. The topological polar surface area (TPSA) is 65.5 Å². The van der Waals surface area contributed by atoms with Crippen LogP contribution in [-0.2, 0) is 9.53 Å². The van der Waals surface area contributed by atoms with E-state index in [4.69, 9.17) is 9.47 Å². The first-order valence-electron chi connectivity index (χ1n) is 8.31. The fourth-order valence-electron chi connectivity index (χ4n) is 2.51. The molecule has 0 saturated heterocycles. The van der Waals surface area contributed by atoms with Crippen molar-refractivity contribution >= 4 is 17.8 Å². The Bertz CT molecular complexity index is 855. The number of rotatable bonds is 6. The second kappa shape index (κ2) is 8.43. The summed E-state index contributed by atoms with van der Waals surface area (Å²) in [7, 11) is 1.54. The molecule has 0 radical (unpaired) electrons. The molecule has 26 heavy (non-hydrogen) atoms. The molecule has 2 aromatic rings. The maximum atomic E-state index is 12.6. The maximum Gasteiger partial charge on any atom is 0.331 e. The number of ether oxygens (including phenoxy) is 2. The van der Waals surface area contributed by atoms with Crippen LogP contribution in [0.2, 0.25) is 0 Å². The van der Waals surface area contributed by atoms with Gasteiger partial charge in [-0.25, -0.2) is 4.79 Å². The maximum absolute atomic E-state index is 12.6. The number of aromatic nitrogens is 1. The highest BCUT2D eigenvalue weighted by molar-refractivity contribution is 6.02. The van der Waals surface area contributed by atoms with E-state index in [0.717, 1.165) is 16.7 Å². The van der Waals surface area contributed by atoms with Crippen molar-refractivity contribution in [2.75, 3.05) is 7.11 Å². The fourth-order valence-corrected chi connectivity index (χ4v) is 2.51. The molecule has 0 spiro atoms. The van der Waals surface area contributed by atoms with E-state index in [1.807, 2.05) is 32.9 Å². The molecule has 2 rings (SSSR count). The van der Waals surface area contributed by atoms with Crippen molar-refractivity contribution in [2.24, 2.45) is 0 Å². The Morgan fingerprint density at radius 3 is 2.42 bits per heavy atom. The predicted molar refractivity (Wildman–Crippen MR) is 100 cm³/mol. The number of ketones is 1. The number of hydrogen-bond donors (Lipinski definition) is 0. The molecule has 0 fully saturated rings. The lowest BCUT2D eigenvalue weighted by atomic mass is 9.96. The summed E-state index contributed by atoms with van der Waals surface area (Å²) in [6.45, 7) is 7.41. The van der Waals surface area contributed by atoms with E-state index < -0.39 is 12.1 Å². The van der Waals surface area contributed by atoms with Crippen LogP contribution in [0.4, 0.5) is 0 Å². The lowest BCUT2D eigenvalue weighted by Crippen LogP contribution is -2.24. The highest BCUT2D eigenvalue weighted by atomic mass is 16.5. The molecule has 1 heterocycles. The molecule has 0 N–H and O–H groups in total. The number of pyridine rings is 1. The summed E-state index contributed by atoms with van der Waals surface area (Å²) in [5.41, 5.74) is 4.31. The Morgan fingerprint density at radius 2 is 1.73 bits per heavy atom. The van der Waals surface area contributed by atoms with Gasteiger partial charge in [-0.3, -0.25) is 9.78 Å². The quantitative estimate of drug-likeness (QED) is 0.448. The van der Waals surface area contributed by atoms with Gasteiger partial charge in [0.15, 0.2) is 6.10 Å². The highest BCUT2D eigenvalue weighted by Crippen LogP contribution is 2.18. The Morgan fingerprint density at radius 1 is 1.04 bits per heavy atom. The Kier molecular flexibility index (Phi) is 6.28. The minimum atomic E-state index is -0.864. The van der Waals surface area contributed by atoms with Crippen molar-refractivity contribution < 1.29 is 19.1 Å². The second-order valence-electron chi connectivity index (χ2n) is 6.19. The molecular weight excluding hydrogens is 330 g/mol.